The van der Waals surface area contributed by atoms with Crippen LogP contribution in [0.5, 0.6) is 5.75 Å². The average Bonchev–Trinajstić information content (AvgIpc) is 2.25. The molecular weight excluding hydrogens is 218 g/mol. The first kappa shape index (κ1) is 13.5. The number of rotatable bonds is 6. The summed E-state index contributed by atoms with van der Waals surface area (Å²) in [6.45, 7) is 0.782. The monoisotopic (exact) mass is 237 g/mol. The van der Waals surface area contributed by atoms with Crippen molar-refractivity contribution in [1.29, 1.82) is 0 Å². The van der Waals surface area contributed by atoms with E-state index in [0.29, 0.717) is 6.42 Å². The molecule has 0 unspecified atom stereocenters. The quantitative estimate of drug-likeness (QED) is 0.819. The Hall–Kier alpha value is -1.55. The second-order valence-corrected chi connectivity index (χ2v) is 4.28. The number of benzene rings is 1. The van der Waals surface area contributed by atoms with Crippen LogP contribution in [0, 0.1) is 0 Å². The van der Waals surface area contributed by atoms with Gasteiger partial charge in [0.2, 0.25) is 0 Å². The van der Waals surface area contributed by atoms with Gasteiger partial charge in [0.15, 0.2) is 0 Å². The van der Waals surface area contributed by atoms with Gasteiger partial charge in [-0.2, -0.15) is 0 Å². The van der Waals surface area contributed by atoms with Crippen LogP contribution in [-0.2, 0) is 17.8 Å². The summed E-state index contributed by atoms with van der Waals surface area (Å²) in [5, 5.41) is 8.66. The highest BCUT2D eigenvalue weighted by Crippen LogP contribution is 2.21. The first-order valence-corrected chi connectivity index (χ1v) is 5.55. The summed E-state index contributed by atoms with van der Waals surface area (Å²) in [7, 11) is 5.62. The van der Waals surface area contributed by atoms with Crippen molar-refractivity contribution in [3.05, 3.63) is 29.3 Å². The Morgan fingerprint density at radius 1 is 1.41 bits per heavy atom. The number of nitrogens with zero attached hydrogens (tertiary/aromatic N) is 1. The summed E-state index contributed by atoms with van der Waals surface area (Å²) in [5.41, 5.74) is 2.12. The molecule has 0 saturated carbocycles. The molecule has 0 atom stereocenters. The zero-order chi connectivity index (χ0) is 12.8. The summed E-state index contributed by atoms with van der Waals surface area (Å²) in [6.07, 6.45) is 0.716. The normalized spacial score (nSPS) is 10.6. The number of hydrogen-bond acceptors (Lipinski definition) is 3. The summed E-state index contributed by atoms with van der Waals surface area (Å²) < 4.78 is 5.28. The largest absolute Gasteiger partial charge is 0.496 e. The van der Waals surface area contributed by atoms with Crippen LogP contribution in [-0.4, -0.2) is 37.2 Å². The highest BCUT2D eigenvalue weighted by Gasteiger charge is 2.06. The van der Waals surface area contributed by atoms with E-state index in [0.717, 1.165) is 23.4 Å². The third-order valence-electron chi connectivity index (χ3n) is 2.46. The zero-order valence-corrected chi connectivity index (χ0v) is 10.6. The summed E-state index contributed by atoms with van der Waals surface area (Å²) >= 11 is 0. The fraction of sp³-hybridized carbons (Fsp3) is 0.462. The van der Waals surface area contributed by atoms with Crippen LogP contribution in [0.3, 0.4) is 0 Å². The van der Waals surface area contributed by atoms with E-state index in [1.54, 1.807) is 7.11 Å². The molecule has 1 rings (SSSR count). The molecule has 0 radical (unpaired) electrons. The molecule has 17 heavy (non-hydrogen) atoms. The van der Waals surface area contributed by atoms with Gasteiger partial charge in [-0.05, 0) is 32.1 Å². The van der Waals surface area contributed by atoms with Gasteiger partial charge in [-0.1, -0.05) is 12.1 Å². The molecule has 4 heteroatoms. The highest BCUT2D eigenvalue weighted by molar-refractivity contribution is 5.67. The molecule has 0 spiro atoms. The number of ether oxygens (including phenoxy) is 1. The number of aliphatic carboxylic acids is 1. The number of methoxy groups -OCH3 is 1. The van der Waals surface area contributed by atoms with Crippen molar-refractivity contribution in [2.45, 2.75) is 19.4 Å². The second-order valence-electron chi connectivity index (χ2n) is 4.28. The van der Waals surface area contributed by atoms with Gasteiger partial charge < -0.3 is 14.7 Å². The van der Waals surface area contributed by atoms with E-state index in [4.69, 9.17) is 9.84 Å². The fourth-order valence-corrected chi connectivity index (χ4v) is 1.70. The van der Waals surface area contributed by atoms with Crippen molar-refractivity contribution in [2.75, 3.05) is 21.2 Å². The van der Waals surface area contributed by atoms with Crippen LogP contribution < -0.4 is 4.74 Å². The van der Waals surface area contributed by atoms with E-state index >= 15 is 0 Å². The Kier molecular flexibility index (Phi) is 4.97. The number of hydrogen-bond donors (Lipinski definition) is 1. The first-order valence-electron chi connectivity index (χ1n) is 5.55. The number of aryl methyl sites for hydroxylation is 1. The fourth-order valence-electron chi connectivity index (χ4n) is 1.70. The summed E-state index contributed by atoms with van der Waals surface area (Å²) in [6, 6.07) is 5.83. The van der Waals surface area contributed by atoms with Crippen LogP contribution >= 0.6 is 0 Å². The molecule has 1 N–H and O–H groups in total. The molecule has 0 amide bonds. The van der Waals surface area contributed by atoms with Crippen molar-refractivity contribution in [3.63, 3.8) is 0 Å². The molecule has 0 fully saturated rings. The van der Waals surface area contributed by atoms with E-state index in [2.05, 4.69) is 4.90 Å². The van der Waals surface area contributed by atoms with Gasteiger partial charge >= 0.3 is 5.97 Å². The van der Waals surface area contributed by atoms with Crippen molar-refractivity contribution in [3.8, 4) is 5.75 Å². The predicted molar refractivity (Wildman–Crippen MR) is 66.3 cm³/mol. The third-order valence-corrected chi connectivity index (χ3v) is 2.46. The lowest BCUT2D eigenvalue weighted by molar-refractivity contribution is -0.136. The third kappa shape index (κ3) is 4.44. The number of carboxylic acid groups (broad SMARTS) is 1. The topological polar surface area (TPSA) is 49.8 Å². The predicted octanol–water partition coefficient (Wildman–Crippen LogP) is 1.77. The molecule has 0 aromatic heterocycles. The van der Waals surface area contributed by atoms with Gasteiger partial charge in [-0.25, -0.2) is 0 Å². The van der Waals surface area contributed by atoms with Crippen LogP contribution in [0.2, 0.25) is 0 Å². The maximum atomic E-state index is 10.5. The lowest BCUT2D eigenvalue weighted by Gasteiger charge is -2.14. The molecule has 0 bridgehead atoms. The maximum Gasteiger partial charge on any atom is 0.303 e. The Bertz CT molecular complexity index is 388. The van der Waals surface area contributed by atoms with Crippen molar-refractivity contribution < 1.29 is 14.6 Å². The van der Waals surface area contributed by atoms with Crippen molar-refractivity contribution >= 4 is 5.97 Å². The molecule has 0 aliphatic heterocycles. The van der Waals surface area contributed by atoms with E-state index < -0.39 is 5.97 Å². The molecule has 1 aromatic carbocycles. The lowest BCUT2D eigenvalue weighted by Crippen LogP contribution is -2.12. The van der Waals surface area contributed by atoms with Crippen LogP contribution in [0.1, 0.15) is 17.5 Å². The minimum Gasteiger partial charge on any atom is -0.496 e. The van der Waals surface area contributed by atoms with Crippen molar-refractivity contribution in [1.82, 2.24) is 4.90 Å². The minimum absolute atomic E-state index is 0.160. The molecule has 0 aliphatic carbocycles. The average molecular weight is 237 g/mol. The van der Waals surface area contributed by atoms with E-state index in [1.807, 2.05) is 32.3 Å². The Morgan fingerprint density at radius 3 is 2.65 bits per heavy atom. The first-order chi connectivity index (χ1) is 8.02. The van der Waals surface area contributed by atoms with Crippen LogP contribution in [0.4, 0.5) is 0 Å². The van der Waals surface area contributed by atoms with Gasteiger partial charge in [-0.15, -0.1) is 0 Å². The van der Waals surface area contributed by atoms with Gasteiger partial charge in [0.05, 0.1) is 7.11 Å². The second kappa shape index (κ2) is 6.25. The molecule has 1 aromatic rings. The van der Waals surface area contributed by atoms with Crippen LogP contribution in [0.15, 0.2) is 18.2 Å². The Labute approximate surface area is 102 Å². The SMILES string of the molecule is COc1ccc(CCC(=O)O)cc1CN(C)C. The molecule has 94 valence electrons. The summed E-state index contributed by atoms with van der Waals surface area (Å²) in [4.78, 5) is 12.6. The standard InChI is InChI=1S/C13H19NO3/c1-14(2)9-11-8-10(5-7-13(15)16)4-6-12(11)17-3/h4,6,8H,5,7,9H2,1-3H3,(H,15,16). The van der Waals surface area contributed by atoms with E-state index in [1.165, 1.54) is 0 Å². The van der Waals surface area contributed by atoms with E-state index in [-0.39, 0.29) is 6.42 Å². The zero-order valence-electron chi connectivity index (χ0n) is 10.6. The summed E-state index contributed by atoms with van der Waals surface area (Å²) in [5.74, 6) is 0.0766. The lowest BCUT2D eigenvalue weighted by atomic mass is 10.1. The number of carbonyl (C=O) groups is 1. The molecule has 0 heterocycles. The molecule has 0 saturated heterocycles. The van der Waals surface area contributed by atoms with E-state index in [9.17, 15) is 4.79 Å². The maximum absolute atomic E-state index is 10.5. The highest BCUT2D eigenvalue weighted by atomic mass is 16.5. The Balaban J connectivity index is 2.84. The van der Waals surface area contributed by atoms with Gasteiger partial charge in [0.1, 0.15) is 5.75 Å². The van der Waals surface area contributed by atoms with Crippen LogP contribution in [0.25, 0.3) is 0 Å². The van der Waals surface area contributed by atoms with Gasteiger partial charge in [0, 0.05) is 18.5 Å². The smallest absolute Gasteiger partial charge is 0.303 e. The minimum atomic E-state index is -0.769. The number of carboxylic acids is 1. The molecule has 0 aliphatic rings. The molecular formula is C13H19NO3. The Morgan fingerprint density at radius 2 is 2.12 bits per heavy atom. The van der Waals surface area contributed by atoms with Gasteiger partial charge in [-0.3, -0.25) is 4.79 Å². The van der Waals surface area contributed by atoms with Crippen molar-refractivity contribution in [2.24, 2.45) is 0 Å². The molecule has 4 nitrogen and oxygen atoms in total. The van der Waals surface area contributed by atoms with Gasteiger partial charge in [0.25, 0.3) is 0 Å².